The Kier molecular flexibility index (Phi) is 5.44. The molecule has 2 N–H and O–H groups in total. The van der Waals surface area contributed by atoms with Crippen LogP contribution in [0.2, 0.25) is 0 Å². The second-order valence-electron chi connectivity index (χ2n) is 7.69. The van der Waals surface area contributed by atoms with Crippen LogP contribution in [0.15, 0.2) is 36.4 Å². The highest BCUT2D eigenvalue weighted by molar-refractivity contribution is 5.98. The normalized spacial score (nSPS) is 19.6. The first-order chi connectivity index (χ1) is 14.5. The summed E-state index contributed by atoms with van der Waals surface area (Å²) < 4.78 is 11.1. The first kappa shape index (κ1) is 19.9. The van der Waals surface area contributed by atoms with E-state index >= 15 is 0 Å². The van der Waals surface area contributed by atoms with Gasteiger partial charge in [-0.05, 0) is 42.2 Å². The van der Waals surface area contributed by atoms with Crippen LogP contribution in [0.5, 0.6) is 5.75 Å². The molecule has 2 heterocycles. The zero-order valence-corrected chi connectivity index (χ0v) is 17.0. The molecule has 2 amide bonds. The average molecular weight is 408 g/mol. The lowest BCUT2D eigenvalue weighted by atomic mass is 9.94. The molecule has 2 aliphatic rings. The van der Waals surface area contributed by atoms with Gasteiger partial charge < -0.3 is 20.1 Å². The third-order valence-corrected chi connectivity index (χ3v) is 5.48. The van der Waals surface area contributed by atoms with Crippen molar-refractivity contribution < 1.29 is 23.9 Å². The van der Waals surface area contributed by atoms with Crippen molar-refractivity contribution in [1.82, 2.24) is 10.6 Å². The van der Waals surface area contributed by atoms with E-state index < -0.39 is 12.0 Å². The third kappa shape index (κ3) is 3.87. The van der Waals surface area contributed by atoms with Gasteiger partial charge in [0.1, 0.15) is 17.9 Å². The molecular weight excluding hydrogens is 384 g/mol. The van der Waals surface area contributed by atoms with Gasteiger partial charge in [0.2, 0.25) is 11.8 Å². The lowest BCUT2D eigenvalue weighted by Gasteiger charge is -2.16. The number of hydrogen-bond donors (Lipinski definition) is 2. The van der Waals surface area contributed by atoms with E-state index in [0.29, 0.717) is 31.4 Å². The number of methoxy groups -OCH3 is 1. The van der Waals surface area contributed by atoms with Crippen molar-refractivity contribution in [3.05, 3.63) is 53.1 Å². The fourth-order valence-electron chi connectivity index (χ4n) is 4.06. The van der Waals surface area contributed by atoms with Crippen molar-refractivity contribution >= 4 is 17.8 Å². The van der Waals surface area contributed by atoms with Crippen molar-refractivity contribution in [1.29, 1.82) is 0 Å². The summed E-state index contributed by atoms with van der Waals surface area (Å²) >= 11 is 0. The number of carbonyl (C=O) groups is 3. The maximum absolute atomic E-state index is 12.3. The molecule has 2 aromatic carbocycles. The predicted molar refractivity (Wildman–Crippen MR) is 110 cm³/mol. The largest absolute Gasteiger partial charge is 0.487 e. The number of amides is 2. The number of rotatable bonds is 5. The first-order valence-electron chi connectivity index (χ1n) is 10.0. The highest BCUT2D eigenvalue weighted by Gasteiger charge is 2.31. The molecule has 7 heteroatoms. The van der Waals surface area contributed by atoms with Crippen molar-refractivity contribution in [3.63, 3.8) is 0 Å². The van der Waals surface area contributed by atoms with Crippen LogP contribution in [0.1, 0.15) is 34.3 Å². The molecule has 7 nitrogen and oxygen atoms in total. The molecule has 0 aliphatic carbocycles. The lowest BCUT2D eigenvalue weighted by molar-refractivity contribution is -0.126. The van der Waals surface area contributed by atoms with E-state index in [9.17, 15) is 14.4 Å². The fourth-order valence-corrected chi connectivity index (χ4v) is 4.06. The number of benzene rings is 2. The second kappa shape index (κ2) is 8.18. The number of esters is 1. The molecule has 0 spiro atoms. The molecule has 0 bridgehead atoms. The lowest BCUT2D eigenvalue weighted by Crippen LogP contribution is -2.44. The summed E-state index contributed by atoms with van der Waals surface area (Å²) in [5.74, 6) is 0.0450. The van der Waals surface area contributed by atoms with E-state index in [0.717, 1.165) is 28.0 Å². The summed E-state index contributed by atoms with van der Waals surface area (Å²) in [4.78, 5) is 35.8. The third-order valence-electron chi connectivity index (χ3n) is 5.48. The van der Waals surface area contributed by atoms with Gasteiger partial charge in [0.15, 0.2) is 0 Å². The molecule has 30 heavy (non-hydrogen) atoms. The van der Waals surface area contributed by atoms with Gasteiger partial charge in [-0.25, -0.2) is 4.79 Å². The van der Waals surface area contributed by atoms with Gasteiger partial charge in [0, 0.05) is 18.4 Å². The SMILES string of the molecule is COC(=O)c1ccccc1-c1cc(C)cc2c1OC(CNC(=O)C1CCC(=O)N1)C2. The summed E-state index contributed by atoms with van der Waals surface area (Å²) in [6.07, 6.45) is 1.34. The Balaban J connectivity index is 1.54. The maximum Gasteiger partial charge on any atom is 0.338 e. The molecule has 1 saturated heterocycles. The van der Waals surface area contributed by atoms with Crippen LogP contribution in [0.4, 0.5) is 0 Å². The standard InChI is InChI=1S/C23H24N2O5/c1-13-9-14-11-15(12-24-22(27)19-7-8-20(26)25-19)30-21(14)18(10-13)16-5-3-4-6-17(16)23(28)29-2/h3-6,9-10,15,19H,7-8,11-12H2,1-2H3,(H,24,27)(H,25,26). The number of carbonyl (C=O) groups excluding carboxylic acids is 3. The van der Waals surface area contributed by atoms with Gasteiger partial charge in [-0.15, -0.1) is 0 Å². The Morgan fingerprint density at radius 1 is 1.23 bits per heavy atom. The predicted octanol–water partition coefficient (Wildman–Crippen LogP) is 2.15. The molecule has 4 rings (SSSR count). The number of aryl methyl sites for hydroxylation is 1. The van der Waals surface area contributed by atoms with Gasteiger partial charge in [0.25, 0.3) is 0 Å². The number of nitrogens with one attached hydrogen (secondary N) is 2. The van der Waals surface area contributed by atoms with Crippen molar-refractivity contribution in [2.24, 2.45) is 0 Å². The molecule has 0 saturated carbocycles. The maximum atomic E-state index is 12.3. The Labute approximate surface area is 174 Å². The second-order valence-corrected chi connectivity index (χ2v) is 7.69. The molecule has 0 aromatic heterocycles. The summed E-state index contributed by atoms with van der Waals surface area (Å²) in [6.45, 7) is 2.35. The van der Waals surface area contributed by atoms with E-state index in [4.69, 9.17) is 9.47 Å². The minimum atomic E-state index is -0.467. The van der Waals surface area contributed by atoms with Gasteiger partial charge in [-0.1, -0.05) is 24.3 Å². The molecule has 2 aromatic rings. The van der Waals surface area contributed by atoms with Gasteiger partial charge in [0.05, 0.1) is 19.2 Å². The Hall–Kier alpha value is -3.35. The smallest absolute Gasteiger partial charge is 0.338 e. The Bertz CT molecular complexity index is 1020. The molecular formula is C23H24N2O5. The Morgan fingerprint density at radius 2 is 2.03 bits per heavy atom. The molecule has 2 atom stereocenters. The van der Waals surface area contributed by atoms with Crippen LogP contribution in [0, 0.1) is 6.92 Å². The molecule has 0 radical (unpaired) electrons. The van der Waals surface area contributed by atoms with Crippen LogP contribution in [-0.2, 0) is 20.7 Å². The Morgan fingerprint density at radius 3 is 2.77 bits per heavy atom. The average Bonchev–Trinajstić information content (AvgIpc) is 3.36. The molecule has 2 unspecified atom stereocenters. The molecule has 2 aliphatic heterocycles. The minimum absolute atomic E-state index is 0.0935. The zero-order chi connectivity index (χ0) is 21.3. The van der Waals surface area contributed by atoms with Crippen molar-refractivity contribution in [3.8, 4) is 16.9 Å². The van der Waals surface area contributed by atoms with Crippen molar-refractivity contribution in [2.75, 3.05) is 13.7 Å². The van der Waals surface area contributed by atoms with E-state index in [2.05, 4.69) is 16.7 Å². The van der Waals surface area contributed by atoms with E-state index in [1.807, 2.05) is 25.1 Å². The van der Waals surface area contributed by atoms with Gasteiger partial charge in [-0.2, -0.15) is 0 Å². The van der Waals surface area contributed by atoms with E-state index in [1.54, 1.807) is 12.1 Å². The minimum Gasteiger partial charge on any atom is -0.487 e. The van der Waals surface area contributed by atoms with Crippen LogP contribution in [0.25, 0.3) is 11.1 Å². The van der Waals surface area contributed by atoms with Crippen LogP contribution >= 0.6 is 0 Å². The van der Waals surface area contributed by atoms with Crippen LogP contribution < -0.4 is 15.4 Å². The van der Waals surface area contributed by atoms with E-state index in [-0.39, 0.29) is 17.9 Å². The molecule has 156 valence electrons. The summed E-state index contributed by atoms with van der Waals surface area (Å²) in [6, 6.07) is 10.9. The topological polar surface area (TPSA) is 93.7 Å². The van der Waals surface area contributed by atoms with Crippen molar-refractivity contribution in [2.45, 2.75) is 38.3 Å². The number of fused-ring (bicyclic) bond motifs is 1. The highest BCUT2D eigenvalue weighted by atomic mass is 16.5. The first-order valence-corrected chi connectivity index (χ1v) is 10.0. The summed E-state index contributed by atoms with van der Waals surface area (Å²) in [5.41, 5.74) is 4.17. The van der Waals surface area contributed by atoms with Crippen LogP contribution in [-0.4, -0.2) is 43.6 Å². The number of hydrogen-bond acceptors (Lipinski definition) is 5. The zero-order valence-electron chi connectivity index (χ0n) is 17.0. The number of ether oxygens (including phenoxy) is 2. The molecule has 1 fully saturated rings. The summed E-state index contributed by atoms with van der Waals surface area (Å²) in [7, 11) is 1.36. The van der Waals surface area contributed by atoms with Gasteiger partial charge in [-0.3, -0.25) is 9.59 Å². The quantitative estimate of drug-likeness (QED) is 0.740. The van der Waals surface area contributed by atoms with Crippen LogP contribution in [0.3, 0.4) is 0 Å². The van der Waals surface area contributed by atoms with Gasteiger partial charge >= 0.3 is 5.97 Å². The summed E-state index contributed by atoms with van der Waals surface area (Å²) in [5, 5.41) is 5.55. The monoisotopic (exact) mass is 408 g/mol. The van der Waals surface area contributed by atoms with E-state index in [1.165, 1.54) is 7.11 Å². The highest BCUT2D eigenvalue weighted by Crippen LogP contribution is 2.41. The fraction of sp³-hybridized carbons (Fsp3) is 0.348.